The van der Waals surface area contributed by atoms with E-state index in [1.165, 1.54) is 29.5 Å². The fraction of sp³-hybridized carbons (Fsp3) is 0.125. The average molecular weight is 350 g/mol. The lowest BCUT2D eigenvalue weighted by molar-refractivity contribution is 0.103. The van der Waals surface area contributed by atoms with Crippen LogP contribution in [0.5, 0.6) is 0 Å². The number of nitrogens with zero attached hydrogens (tertiary/aromatic N) is 1. The summed E-state index contributed by atoms with van der Waals surface area (Å²) in [6, 6.07) is 5.91. The fourth-order valence-corrected chi connectivity index (χ4v) is 3.69. The van der Waals surface area contributed by atoms with Crippen molar-refractivity contribution in [2.24, 2.45) is 0 Å². The molecule has 1 amide bonds. The Balaban J connectivity index is 1.99. The van der Waals surface area contributed by atoms with Gasteiger partial charge < -0.3 is 11.1 Å². The van der Waals surface area contributed by atoms with Crippen LogP contribution in [0.4, 0.5) is 15.8 Å². The van der Waals surface area contributed by atoms with E-state index in [1.54, 1.807) is 0 Å². The van der Waals surface area contributed by atoms with Crippen LogP contribution in [0.1, 0.15) is 20.9 Å². The number of nitrogen functional groups attached to an aromatic ring is 1. The van der Waals surface area contributed by atoms with Crippen molar-refractivity contribution in [3.8, 4) is 0 Å². The Bertz CT molecular complexity index is 939. The smallest absolute Gasteiger partial charge is 0.267 e. The maximum absolute atomic E-state index is 13.2. The maximum Gasteiger partial charge on any atom is 0.267 e. The second-order valence-corrected chi connectivity index (χ2v) is 6.59. The number of benzene rings is 1. The van der Waals surface area contributed by atoms with E-state index in [9.17, 15) is 9.18 Å². The summed E-state index contributed by atoms with van der Waals surface area (Å²) in [5, 5.41) is 3.41. The summed E-state index contributed by atoms with van der Waals surface area (Å²) in [6.45, 7) is 3.82. The molecule has 3 N–H and O–H groups in total. The fourth-order valence-electron chi connectivity index (χ4n) is 2.40. The Labute approximate surface area is 141 Å². The topological polar surface area (TPSA) is 68.0 Å². The van der Waals surface area contributed by atoms with Crippen molar-refractivity contribution in [3.63, 3.8) is 0 Å². The molecule has 4 nitrogen and oxygen atoms in total. The minimum atomic E-state index is -0.540. The van der Waals surface area contributed by atoms with Crippen LogP contribution in [0.15, 0.2) is 24.3 Å². The summed E-state index contributed by atoms with van der Waals surface area (Å²) in [5.74, 6) is -0.911. The number of nitrogens with one attached hydrogen (secondary N) is 1. The van der Waals surface area contributed by atoms with Gasteiger partial charge in [-0.15, -0.1) is 11.3 Å². The van der Waals surface area contributed by atoms with Crippen LogP contribution >= 0.6 is 22.9 Å². The van der Waals surface area contributed by atoms with Crippen molar-refractivity contribution >= 4 is 50.4 Å². The first kappa shape index (κ1) is 15.7. The Morgan fingerprint density at radius 1 is 1.35 bits per heavy atom. The van der Waals surface area contributed by atoms with Crippen LogP contribution in [0.3, 0.4) is 0 Å². The molecule has 7 heteroatoms. The molecule has 1 aromatic carbocycles. The highest BCUT2D eigenvalue weighted by atomic mass is 35.5. The zero-order chi connectivity index (χ0) is 16.7. The molecule has 0 aliphatic carbocycles. The van der Waals surface area contributed by atoms with Crippen LogP contribution < -0.4 is 11.1 Å². The summed E-state index contributed by atoms with van der Waals surface area (Å²) in [7, 11) is 0. The lowest BCUT2D eigenvalue weighted by Crippen LogP contribution is -2.12. The normalized spacial score (nSPS) is 11.0. The van der Waals surface area contributed by atoms with Gasteiger partial charge in [0.25, 0.3) is 5.91 Å². The van der Waals surface area contributed by atoms with E-state index in [1.807, 2.05) is 19.9 Å². The van der Waals surface area contributed by atoms with Gasteiger partial charge in [0.15, 0.2) is 0 Å². The van der Waals surface area contributed by atoms with E-state index >= 15 is 0 Å². The van der Waals surface area contributed by atoms with Gasteiger partial charge in [-0.2, -0.15) is 0 Å². The number of aryl methyl sites for hydroxylation is 2. The minimum Gasteiger partial charge on any atom is -0.397 e. The van der Waals surface area contributed by atoms with Crippen LogP contribution in [-0.2, 0) is 0 Å². The highest BCUT2D eigenvalue weighted by Gasteiger charge is 2.19. The van der Waals surface area contributed by atoms with Crippen LogP contribution in [0.2, 0.25) is 5.02 Å². The third-order valence-electron chi connectivity index (χ3n) is 3.41. The van der Waals surface area contributed by atoms with Crippen LogP contribution in [0, 0.1) is 19.7 Å². The van der Waals surface area contributed by atoms with Gasteiger partial charge >= 0.3 is 0 Å². The first-order chi connectivity index (χ1) is 10.9. The molecule has 0 spiro atoms. The van der Waals surface area contributed by atoms with Crippen molar-refractivity contribution in [2.45, 2.75) is 13.8 Å². The molecule has 2 heterocycles. The number of aromatic nitrogens is 1. The zero-order valence-electron chi connectivity index (χ0n) is 12.4. The van der Waals surface area contributed by atoms with E-state index in [2.05, 4.69) is 10.3 Å². The number of pyridine rings is 1. The first-order valence-corrected chi connectivity index (χ1v) is 7.99. The van der Waals surface area contributed by atoms with Gasteiger partial charge in [0, 0.05) is 16.8 Å². The van der Waals surface area contributed by atoms with E-state index in [0.717, 1.165) is 21.5 Å². The lowest BCUT2D eigenvalue weighted by Gasteiger charge is -2.05. The Morgan fingerprint density at radius 3 is 2.78 bits per heavy atom. The van der Waals surface area contributed by atoms with Crippen LogP contribution in [0.25, 0.3) is 10.2 Å². The minimum absolute atomic E-state index is 0.0553. The van der Waals surface area contributed by atoms with Gasteiger partial charge in [0.1, 0.15) is 15.5 Å². The number of hydrogen-bond acceptors (Lipinski definition) is 4. The Hall–Kier alpha value is -2.18. The number of hydrogen-bond donors (Lipinski definition) is 2. The third-order valence-corrected chi connectivity index (χ3v) is 4.80. The van der Waals surface area contributed by atoms with E-state index in [4.69, 9.17) is 17.3 Å². The van der Waals surface area contributed by atoms with E-state index < -0.39 is 5.82 Å². The molecule has 0 aliphatic heterocycles. The summed E-state index contributed by atoms with van der Waals surface area (Å²) in [4.78, 5) is 18.0. The molecule has 0 aliphatic rings. The number of thiophene rings is 1. The summed E-state index contributed by atoms with van der Waals surface area (Å²) in [6.07, 6.45) is 0. The van der Waals surface area contributed by atoms with Crippen molar-refractivity contribution in [2.75, 3.05) is 11.1 Å². The van der Waals surface area contributed by atoms with Crippen molar-refractivity contribution < 1.29 is 9.18 Å². The molecule has 118 valence electrons. The number of rotatable bonds is 2. The van der Waals surface area contributed by atoms with Gasteiger partial charge in [-0.25, -0.2) is 9.37 Å². The predicted octanol–water partition coefficient (Wildman–Crippen LogP) is 4.54. The van der Waals surface area contributed by atoms with Crippen molar-refractivity contribution in [1.82, 2.24) is 4.98 Å². The molecule has 0 unspecified atom stereocenters. The molecule has 0 fully saturated rings. The molecule has 0 radical (unpaired) electrons. The van der Waals surface area contributed by atoms with Crippen molar-refractivity contribution in [3.05, 3.63) is 51.2 Å². The number of fused-ring (bicyclic) bond motifs is 1. The molecule has 3 rings (SSSR count). The molecule has 2 aromatic heterocycles. The molecule has 3 aromatic rings. The molecule has 23 heavy (non-hydrogen) atoms. The molecule has 0 atom stereocenters. The highest BCUT2D eigenvalue weighted by Crippen LogP contribution is 2.35. The Kier molecular flexibility index (Phi) is 3.95. The average Bonchev–Trinajstić information content (AvgIpc) is 2.80. The van der Waals surface area contributed by atoms with Gasteiger partial charge in [-0.05, 0) is 43.7 Å². The number of carbonyl (C=O) groups is 1. The molecular formula is C16H13ClFN3OS. The summed E-state index contributed by atoms with van der Waals surface area (Å²) >= 11 is 6.95. The zero-order valence-corrected chi connectivity index (χ0v) is 14.0. The van der Waals surface area contributed by atoms with Crippen molar-refractivity contribution in [1.29, 1.82) is 0 Å². The second-order valence-electron chi connectivity index (χ2n) is 5.19. The predicted molar refractivity (Wildman–Crippen MR) is 92.9 cm³/mol. The van der Waals surface area contributed by atoms with Gasteiger partial charge in [-0.1, -0.05) is 11.6 Å². The van der Waals surface area contributed by atoms with Gasteiger partial charge in [0.05, 0.1) is 10.7 Å². The molecular weight excluding hydrogens is 337 g/mol. The number of carbonyl (C=O) groups excluding carboxylic acids is 1. The number of amides is 1. The SMILES string of the molecule is Cc1cc(C)c2c(N)c(C(=O)Nc3ccc(F)c(Cl)c3)sc2n1. The van der Waals surface area contributed by atoms with E-state index in [-0.39, 0.29) is 10.9 Å². The maximum atomic E-state index is 13.2. The second kappa shape index (κ2) is 5.79. The van der Waals surface area contributed by atoms with E-state index in [0.29, 0.717) is 16.3 Å². The first-order valence-electron chi connectivity index (χ1n) is 6.79. The number of halogens is 2. The van der Waals surface area contributed by atoms with Gasteiger partial charge in [0.2, 0.25) is 0 Å². The lowest BCUT2D eigenvalue weighted by atomic mass is 10.1. The summed E-state index contributed by atoms with van der Waals surface area (Å²) < 4.78 is 13.2. The molecule has 0 saturated carbocycles. The van der Waals surface area contributed by atoms with Gasteiger partial charge in [-0.3, -0.25) is 4.79 Å². The molecule has 0 bridgehead atoms. The van der Waals surface area contributed by atoms with Crippen LogP contribution in [-0.4, -0.2) is 10.9 Å². The number of anilines is 2. The molecule has 0 saturated heterocycles. The Morgan fingerprint density at radius 2 is 2.09 bits per heavy atom. The summed E-state index contributed by atoms with van der Waals surface area (Å²) in [5.41, 5.74) is 8.77. The highest BCUT2D eigenvalue weighted by molar-refractivity contribution is 7.21. The quantitative estimate of drug-likeness (QED) is 0.713. The number of nitrogens with two attached hydrogens (primary N) is 1. The standard InChI is InChI=1S/C16H13ClFN3OS/c1-7-5-8(2)20-16-12(7)13(19)14(23-16)15(22)21-9-3-4-11(18)10(17)6-9/h3-6H,19H2,1-2H3,(H,21,22). The third kappa shape index (κ3) is 2.87. The monoisotopic (exact) mass is 349 g/mol. The largest absolute Gasteiger partial charge is 0.397 e.